The summed E-state index contributed by atoms with van der Waals surface area (Å²) >= 11 is 0. The molecule has 5 heteroatoms. The van der Waals surface area contributed by atoms with Gasteiger partial charge in [-0.25, -0.2) is 0 Å². The van der Waals surface area contributed by atoms with Gasteiger partial charge >= 0.3 is 0 Å². The number of anilines is 2. The van der Waals surface area contributed by atoms with Gasteiger partial charge in [0.25, 0.3) is 0 Å². The smallest absolute Gasteiger partial charge is 0.229 e. The fraction of sp³-hybridized carbons (Fsp3) is 0.150. The van der Waals surface area contributed by atoms with Crippen molar-refractivity contribution < 1.29 is 0 Å². The van der Waals surface area contributed by atoms with Gasteiger partial charge in [0.2, 0.25) is 5.62 Å². The van der Waals surface area contributed by atoms with Gasteiger partial charge in [-0.3, -0.25) is 15.4 Å². The molecule has 2 aromatic carbocycles. The third kappa shape index (κ3) is 3.15. The molecule has 0 aliphatic carbocycles. The van der Waals surface area contributed by atoms with E-state index in [-0.39, 0.29) is 5.62 Å². The molecule has 0 spiro atoms. The Morgan fingerprint density at radius 1 is 1.20 bits per heavy atom. The Bertz CT molecular complexity index is 1040. The standard InChI is InChI=1S/C20H19N5/c1-3-4-8-15-11-12-17-18(13-15)25(14-21)20(22)23-19(17)24(2)16-9-6-5-7-10-16/h5-7,9-14,21-22H,3H2,1-2H3. The lowest BCUT2D eigenvalue weighted by atomic mass is 10.1. The zero-order chi connectivity index (χ0) is 17.8. The zero-order valence-electron chi connectivity index (χ0n) is 14.2. The van der Waals surface area contributed by atoms with E-state index in [0.29, 0.717) is 5.82 Å². The van der Waals surface area contributed by atoms with E-state index in [4.69, 9.17) is 10.8 Å². The molecule has 1 heterocycles. The minimum atomic E-state index is 0.0147. The molecule has 5 nitrogen and oxygen atoms in total. The van der Waals surface area contributed by atoms with Crippen LogP contribution >= 0.6 is 0 Å². The highest BCUT2D eigenvalue weighted by Gasteiger charge is 2.13. The molecule has 0 radical (unpaired) electrons. The molecule has 2 N–H and O–H groups in total. The Balaban J connectivity index is 2.27. The lowest BCUT2D eigenvalue weighted by molar-refractivity contribution is 0.915. The maximum absolute atomic E-state index is 8.20. The monoisotopic (exact) mass is 329 g/mol. The number of aromatic nitrogens is 2. The predicted molar refractivity (Wildman–Crippen MR) is 101 cm³/mol. The van der Waals surface area contributed by atoms with E-state index < -0.39 is 0 Å². The van der Waals surface area contributed by atoms with E-state index >= 15 is 0 Å². The molecular formula is C20H19N5. The van der Waals surface area contributed by atoms with Crippen LogP contribution in [0.25, 0.3) is 10.9 Å². The van der Waals surface area contributed by atoms with Crippen LogP contribution in [0.1, 0.15) is 18.9 Å². The van der Waals surface area contributed by atoms with Crippen molar-refractivity contribution in [2.24, 2.45) is 0 Å². The number of nitrogens with zero attached hydrogens (tertiary/aromatic N) is 3. The van der Waals surface area contributed by atoms with Gasteiger partial charge in [-0.15, -0.1) is 0 Å². The number of hydrogen-bond donors (Lipinski definition) is 2. The fourth-order valence-corrected chi connectivity index (χ4v) is 2.68. The molecule has 25 heavy (non-hydrogen) atoms. The summed E-state index contributed by atoms with van der Waals surface area (Å²) in [6.45, 7) is 2.00. The highest BCUT2D eigenvalue weighted by Crippen LogP contribution is 2.28. The quantitative estimate of drug-likeness (QED) is 0.439. The molecule has 1 aromatic heterocycles. The van der Waals surface area contributed by atoms with Crippen LogP contribution in [0.2, 0.25) is 0 Å². The Morgan fingerprint density at radius 3 is 2.64 bits per heavy atom. The second kappa shape index (κ2) is 7.02. The average Bonchev–Trinajstić information content (AvgIpc) is 2.65. The number of nitrogens with one attached hydrogen (secondary N) is 2. The summed E-state index contributed by atoms with van der Waals surface area (Å²) in [7, 11) is 1.93. The topological polar surface area (TPSA) is 68.8 Å². The van der Waals surface area contributed by atoms with Crippen molar-refractivity contribution in [2.75, 3.05) is 11.9 Å². The van der Waals surface area contributed by atoms with E-state index in [9.17, 15) is 0 Å². The molecule has 3 rings (SSSR count). The molecule has 0 saturated carbocycles. The largest absolute Gasteiger partial charge is 0.329 e. The number of benzene rings is 2. The van der Waals surface area contributed by atoms with Crippen LogP contribution in [-0.4, -0.2) is 22.9 Å². The van der Waals surface area contributed by atoms with Crippen molar-refractivity contribution in [3.8, 4) is 11.8 Å². The van der Waals surface area contributed by atoms with Crippen molar-refractivity contribution >= 4 is 28.7 Å². The van der Waals surface area contributed by atoms with Crippen molar-refractivity contribution in [1.82, 2.24) is 9.55 Å². The highest BCUT2D eigenvalue weighted by molar-refractivity contribution is 5.94. The predicted octanol–water partition coefficient (Wildman–Crippen LogP) is 3.50. The average molecular weight is 329 g/mol. The third-order valence-electron chi connectivity index (χ3n) is 3.94. The lowest BCUT2D eigenvalue weighted by Gasteiger charge is -2.21. The van der Waals surface area contributed by atoms with Gasteiger partial charge in [0.1, 0.15) is 5.82 Å². The van der Waals surface area contributed by atoms with E-state index in [1.165, 1.54) is 4.57 Å². The summed E-state index contributed by atoms with van der Waals surface area (Å²) in [5, 5.41) is 16.7. The Kier molecular flexibility index (Phi) is 4.62. The van der Waals surface area contributed by atoms with Crippen LogP contribution < -0.4 is 10.5 Å². The first-order chi connectivity index (χ1) is 12.2. The number of hydrogen-bond acceptors (Lipinski definition) is 4. The SMILES string of the molecule is CCC#Cc1ccc2c(N(C)c3ccccc3)nc(=N)n(C=N)c2c1. The molecule has 0 amide bonds. The molecule has 124 valence electrons. The van der Waals surface area contributed by atoms with Gasteiger partial charge in [0.05, 0.1) is 11.9 Å². The maximum Gasteiger partial charge on any atom is 0.229 e. The Morgan fingerprint density at radius 2 is 1.96 bits per heavy atom. The molecule has 0 fully saturated rings. The summed E-state index contributed by atoms with van der Waals surface area (Å²) in [6, 6.07) is 15.7. The molecule has 3 aromatic rings. The maximum atomic E-state index is 8.20. The van der Waals surface area contributed by atoms with E-state index in [1.807, 2.05) is 67.4 Å². The third-order valence-corrected chi connectivity index (χ3v) is 3.94. The first kappa shape index (κ1) is 16.5. The summed E-state index contributed by atoms with van der Waals surface area (Å²) in [4.78, 5) is 6.36. The lowest BCUT2D eigenvalue weighted by Crippen LogP contribution is -2.26. The highest BCUT2D eigenvalue weighted by atomic mass is 15.2. The van der Waals surface area contributed by atoms with Crippen molar-refractivity contribution in [1.29, 1.82) is 10.8 Å². The molecular weight excluding hydrogens is 310 g/mol. The molecule has 0 aliphatic rings. The zero-order valence-corrected chi connectivity index (χ0v) is 14.2. The van der Waals surface area contributed by atoms with E-state index in [1.54, 1.807) is 0 Å². The molecule has 0 aliphatic heterocycles. The van der Waals surface area contributed by atoms with Gasteiger partial charge in [-0.1, -0.05) is 37.0 Å². The number of para-hydroxylation sites is 1. The van der Waals surface area contributed by atoms with Gasteiger partial charge in [-0.05, 0) is 30.3 Å². The second-order valence-electron chi connectivity index (χ2n) is 5.54. The van der Waals surface area contributed by atoms with Crippen LogP contribution in [0.3, 0.4) is 0 Å². The fourth-order valence-electron chi connectivity index (χ4n) is 2.68. The van der Waals surface area contributed by atoms with Gasteiger partial charge < -0.3 is 4.90 Å². The molecule has 0 atom stereocenters. The second-order valence-corrected chi connectivity index (χ2v) is 5.54. The Hall–Kier alpha value is -3.39. The van der Waals surface area contributed by atoms with E-state index in [2.05, 4.69) is 16.8 Å². The first-order valence-electron chi connectivity index (χ1n) is 8.05. The first-order valence-corrected chi connectivity index (χ1v) is 8.05. The van der Waals surface area contributed by atoms with Crippen molar-refractivity contribution in [3.05, 3.63) is 59.7 Å². The van der Waals surface area contributed by atoms with Crippen LogP contribution in [-0.2, 0) is 0 Å². The summed E-state index contributed by atoms with van der Waals surface area (Å²) < 4.78 is 1.45. The summed E-state index contributed by atoms with van der Waals surface area (Å²) in [5.41, 5.74) is 2.61. The van der Waals surface area contributed by atoms with Crippen molar-refractivity contribution in [3.63, 3.8) is 0 Å². The van der Waals surface area contributed by atoms with Gasteiger partial charge in [-0.2, -0.15) is 4.98 Å². The minimum absolute atomic E-state index is 0.0147. The number of rotatable bonds is 3. The molecule has 0 saturated heterocycles. The van der Waals surface area contributed by atoms with Crippen LogP contribution in [0.4, 0.5) is 11.5 Å². The van der Waals surface area contributed by atoms with Crippen LogP contribution in [0.5, 0.6) is 0 Å². The van der Waals surface area contributed by atoms with Crippen LogP contribution in [0, 0.1) is 22.7 Å². The van der Waals surface area contributed by atoms with Gasteiger partial charge in [0.15, 0.2) is 0 Å². The number of fused-ring (bicyclic) bond motifs is 1. The van der Waals surface area contributed by atoms with Gasteiger partial charge in [0, 0.05) is 30.1 Å². The van der Waals surface area contributed by atoms with E-state index in [0.717, 1.165) is 34.9 Å². The Labute approximate surface area is 146 Å². The normalized spacial score (nSPS) is 10.2. The summed E-state index contributed by atoms with van der Waals surface area (Å²) in [6.07, 6.45) is 1.89. The van der Waals surface area contributed by atoms with Crippen LogP contribution in [0.15, 0.2) is 48.5 Å². The molecule has 0 unspecified atom stereocenters. The summed E-state index contributed by atoms with van der Waals surface area (Å²) in [5.74, 6) is 6.84. The molecule has 0 bridgehead atoms. The van der Waals surface area contributed by atoms with Crippen molar-refractivity contribution in [2.45, 2.75) is 13.3 Å². The minimum Gasteiger partial charge on any atom is -0.329 e.